The average Bonchev–Trinajstić information content (AvgIpc) is 3.24. The predicted octanol–water partition coefficient (Wildman–Crippen LogP) is 3.05. The van der Waals surface area contributed by atoms with Crippen LogP contribution in [0.2, 0.25) is 0 Å². The van der Waals surface area contributed by atoms with Gasteiger partial charge in [-0.1, -0.05) is 12.1 Å². The zero-order valence-corrected chi connectivity index (χ0v) is 13.6. The Morgan fingerprint density at radius 3 is 2.83 bits per heavy atom. The van der Waals surface area contributed by atoms with Crippen LogP contribution in [-0.4, -0.2) is 38.4 Å². The number of rotatable bonds is 3. The van der Waals surface area contributed by atoms with Crippen LogP contribution in [0, 0.1) is 5.92 Å². The van der Waals surface area contributed by atoms with Crippen molar-refractivity contribution in [1.29, 1.82) is 0 Å². The number of likely N-dealkylation sites (tertiary alicyclic amines) is 1. The molecule has 5 nitrogen and oxygen atoms in total. The highest BCUT2D eigenvalue weighted by atomic mass is 32.1. The molecule has 0 unspecified atom stereocenters. The minimum absolute atomic E-state index is 0.0762. The maximum absolute atomic E-state index is 12.7. The number of carbonyl (C=O) groups is 1. The van der Waals surface area contributed by atoms with Crippen molar-refractivity contribution >= 4 is 27.5 Å². The van der Waals surface area contributed by atoms with Crippen LogP contribution in [0.1, 0.15) is 22.6 Å². The molecular weight excluding hydrogens is 308 g/mol. The van der Waals surface area contributed by atoms with E-state index in [-0.39, 0.29) is 5.91 Å². The van der Waals surface area contributed by atoms with Gasteiger partial charge in [-0.2, -0.15) is 0 Å². The molecule has 23 heavy (non-hydrogen) atoms. The summed E-state index contributed by atoms with van der Waals surface area (Å²) in [5, 5.41) is 0.610. The fourth-order valence-electron chi connectivity index (χ4n) is 3.11. The SMILES string of the molecule is O=C(c1nc2ccccc2s1)N1CCC(Cn2ccnc2)CC1. The number of nitrogens with zero attached hydrogens (tertiary/aromatic N) is 4. The molecule has 3 heterocycles. The van der Waals surface area contributed by atoms with Crippen LogP contribution >= 0.6 is 11.3 Å². The number of aromatic nitrogens is 3. The van der Waals surface area contributed by atoms with Crippen molar-refractivity contribution < 1.29 is 4.79 Å². The van der Waals surface area contributed by atoms with E-state index in [1.165, 1.54) is 11.3 Å². The summed E-state index contributed by atoms with van der Waals surface area (Å²) in [6.07, 6.45) is 7.74. The van der Waals surface area contributed by atoms with Gasteiger partial charge in [-0.25, -0.2) is 9.97 Å². The van der Waals surface area contributed by atoms with E-state index in [2.05, 4.69) is 14.5 Å². The number of carbonyl (C=O) groups excluding carboxylic acids is 1. The molecule has 1 aromatic carbocycles. The van der Waals surface area contributed by atoms with Crippen molar-refractivity contribution in [1.82, 2.24) is 19.4 Å². The van der Waals surface area contributed by atoms with Gasteiger partial charge in [0.15, 0.2) is 5.01 Å². The molecule has 0 N–H and O–H groups in total. The largest absolute Gasteiger partial charge is 0.337 e. The monoisotopic (exact) mass is 326 g/mol. The zero-order chi connectivity index (χ0) is 15.6. The molecule has 6 heteroatoms. The highest BCUT2D eigenvalue weighted by Crippen LogP contribution is 2.25. The molecule has 1 aliphatic heterocycles. The number of hydrogen-bond donors (Lipinski definition) is 0. The van der Waals surface area contributed by atoms with E-state index in [0.29, 0.717) is 10.9 Å². The highest BCUT2D eigenvalue weighted by Gasteiger charge is 2.25. The smallest absolute Gasteiger partial charge is 0.282 e. The number of thiazole rings is 1. The Hall–Kier alpha value is -2.21. The second kappa shape index (κ2) is 6.12. The van der Waals surface area contributed by atoms with Crippen LogP contribution in [0.5, 0.6) is 0 Å². The van der Waals surface area contributed by atoms with Gasteiger partial charge in [0.1, 0.15) is 0 Å². The summed E-state index contributed by atoms with van der Waals surface area (Å²) in [6, 6.07) is 7.91. The molecule has 3 aromatic rings. The number of hydrogen-bond acceptors (Lipinski definition) is 4. The summed E-state index contributed by atoms with van der Waals surface area (Å²) >= 11 is 1.49. The van der Waals surface area contributed by atoms with Gasteiger partial charge in [0.05, 0.1) is 16.5 Å². The maximum Gasteiger partial charge on any atom is 0.282 e. The van der Waals surface area contributed by atoms with Crippen LogP contribution in [0.4, 0.5) is 0 Å². The molecule has 118 valence electrons. The van der Waals surface area contributed by atoms with Gasteiger partial charge < -0.3 is 9.47 Å². The van der Waals surface area contributed by atoms with Crippen molar-refractivity contribution in [3.63, 3.8) is 0 Å². The number of imidazole rings is 1. The summed E-state index contributed by atoms with van der Waals surface area (Å²) in [6.45, 7) is 2.62. The number of piperidine rings is 1. The molecule has 0 spiro atoms. The lowest BCUT2D eigenvalue weighted by Crippen LogP contribution is -2.39. The van der Waals surface area contributed by atoms with Gasteiger partial charge >= 0.3 is 0 Å². The van der Waals surface area contributed by atoms with Crippen LogP contribution in [0.3, 0.4) is 0 Å². The van der Waals surface area contributed by atoms with E-state index in [9.17, 15) is 4.79 Å². The molecule has 1 amide bonds. The Labute approximate surface area is 138 Å². The van der Waals surface area contributed by atoms with Crippen LogP contribution in [0.25, 0.3) is 10.2 Å². The van der Waals surface area contributed by atoms with E-state index < -0.39 is 0 Å². The predicted molar refractivity (Wildman–Crippen MR) is 90.5 cm³/mol. The highest BCUT2D eigenvalue weighted by molar-refractivity contribution is 7.20. The van der Waals surface area contributed by atoms with Crippen LogP contribution < -0.4 is 0 Å². The van der Waals surface area contributed by atoms with Crippen LogP contribution in [-0.2, 0) is 6.54 Å². The molecule has 2 aromatic heterocycles. The Morgan fingerprint density at radius 2 is 2.09 bits per heavy atom. The van der Waals surface area contributed by atoms with Gasteiger partial charge in [0, 0.05) is 32.0 Å². The lowest BCUT2D eigenvalue weighted by atomic mass is 9.97. The van der Waals surface area contributed by atoms with Crippen molar-refractivity contribution in [2.45, 2.75) is 19.4 Å². The first-order valence-corrected chi connectivity index (χ1v) is 8.72. The fraction of sp³-hybridized carbons (Fsp3) is 0.353. The minimum Gasteiger partial charge on any atom is -0.337 e. The van der Waals surface area contributed by atoms with Crippen LogP contribution in [0.15, 0.2) is 43.0 Å². The molecule has 0 aliphatic carbocycles. The maximum atomic E-state index is 12.7. The molecule has 0 radical (unpaired) electrons. The normalized spacial score (nSPS) is 16.1. The Kier molecular flexibility index (Phi) is 3.83. The molecule has 1 fully saturated rings. The van der Waals surface area contributed by atoms with Gasteiger partial charge in [-0.05, 0) is 30.9 Å². The van der Waals surface area contributed by atoms with E-state index >= 15 is 0 Å². The first kappa shape index (κ1) is 14.4. The van der Waals surface area contributed by atoms with Crippen molar-refractivity contribution in [3.05, 3.63) is 48.0 Å². The van der Waals surface area contributed by atoms with Gasteiger partial charge in [0.25, 0.3) is 5.91 Å². The number of benzene rings is 1. The van der Waals surface area contributed by atoms with Crippen molar-refractivity contribution in [2.75, 3.05) is 13.1 Å². The minimum atomic E-state index is 0.0762. The van der Waals surface area contributed by atoms with Gasteiger partial charge in [-0.3, -0.25) is 4.79 Å². The quantitative estimate of drug-likeness (QED) is 0.743. The number of fused-ring (bicyclic) bond motifs is 1. The third-order valence-electron chi connectivity index (χ3n) is 4.41. The number of amides is 1. The zero-order valence-electron chi connectivity index (χ0n) is 12.8. The van der Waals surface area contributed by atoms with E-state index in [1.807, 2.05) is 47.9 Å². The Bertz CT molecular complexity index is 770. The first-order valence-electron chi connectivity index (χ1n) is 7.90. The summed E-state index contributed by atoms with van der Waals surface area (Å²) in [7, 11) is 0. The lowest BCUT2D eigenvalue weighted by molar-refractivity contribution is 0.0683. The first-order chi connectivity index (χ1) is 11.3. The van der Waals surface area contributed by atoms with E-state index in [4.69, 9.17) is 0 Å². The molecule has 0 bridgehead atoms. The topological polar surface area (TPSA) is 51.0 Å². The van der Waals surface area contributed by atoms with E-state index in [1.54, 1.807) is 0 Å². The molecule has 1 aliphatic rings. The van der Waals surface area contributed by atoms with Gasteiger partial charge in [-0.15, -0.1) is 11.3 Å². The number of para-hydroxylation sites is 1. The summed E-state index contributed by atoms with van der Waals surface area (Å²) in [5.41, 5.74) is 0.913. The second-order valence-electron chi connectivity index (χ2n) is 5.98. The third-order valence-corrected chi connectivity index (χ3v) is 5.43. The van der Waals surface area contributed by atoms with Crippen molar-refractivity contribution in [2.24, 2.45) is 5.92 Å². The van der Waals surface area contributed by atoms with E-state index in [0.717, 1.165) is 42.7 Å². The summed E-state index contributed by atoms with van der Waals surface area (Å²) < 4.78 is 3.20. The van der Waals surface area contributed by atoms with Crippen molar-refractivity contribution in [3.8, 4) is 0 Å². The molecule has 1 saturated heterocycles. The average molecular weight is 326 g/mol. The molecule has 0 saturated carbocycles. The molecular formula is C17H18N4OS. The standard InChI is InChI=1S/C17H18N4OS/c22-17(16-19-14-3-1-2-4-15(14)23-16)21-8-5-13(6-9-21)11-20-10-7-18-12-20/h1-4,7,10,12-13H,5-6,8-9,11H2. The fourth-order valence-corrected chi connectivity index (χ4v) is 4.04. The molecule has 4 rings (SSSR count). The van der Waals surface area contributed by atoms with Gasteiger partial charge in [0.2, 0.25) is 0 Å². The summed E-state index contributed by atoms with van der Waals surface area (Å²) in [5.74, 6) is 0.691. The Morgan fingerprint density at radius 1 is 1.26 bits per heavy atom. The lowest BCUT2D eigenvalue weighted by Gasteiger charge is -2.31. The summed E-state index contributed by atoms with van der Waals surface area (Å²) in [4.78, 5) is 23.2. The molecule has 0 atom stereocenters. The Balaban J connectivity index is 1.40. The second-order valence-corrected chi connectivity index (χ2v) is 7.01. The third kappa shape index (κ3) is 2.99.